The van der Waals surface area contributed by atoms with Crippen LogP contribution in [0.5, 0.6) is 0 Å². The maximum absolute atomic E-state index is 11.7. The summed E-state index contributed by atoms with van der Waals surface area (Å²) >= 11 is 4.97. The number of rotatable bonds is 5. The molecule has 1 aromatic carbocycles. The van der Waals surface area contributed by atoms with Crippen LogP contribution < -0.4 is 5.32 Å². The number of thioether (sulfide) groups is 1. The molecule has 4 heteroatoms. The number of halogens is 1. The van der Waals surface area contributed by atoms with E-state index in [1.807, 2.05) is 32.2 Å². The van der Waals surface area contributed by atoms with Gasteiger partial charge >= 0.3 is 0 Å². The van der Waals surface area contributed by atoms with Crippen LogP contribution in [0.1, 0.15) is 19.4 Å². The summed E-state index contributed by atoms with van der Waals surface area (Å²) in [5.41, 5.74) is 1.23. The third kappa shape index (κ3) is 5.13. The average Bonchev–Trinajstić information content (AvgIpc) is 2.30. The van der Waals surface area contributed by atoms with Crippen LogP contribution in [0.25, 0.3) is 0 Å². The molecule has 0 spiro atoms. The quantitative estimate of drug-likeness (QED) is 0.903. The molecule has 0 unspecified atom stereocenters. The van der Waals surface area contributed by atoms with Gasteiger partial charge in [0.15, 0.2) is 0 Å². The lowest BCUT2D eigenvalue weighted by molar-refractivity contribution is -0.120. The lowest BCUT2D eigenvalue weighted by Gasteiger charge is -2.16. The molecule has 0 aromatic heterocycles. The number of carbonyl (C=O) groups is 1. The van der Waals surface area contributed by atoms with Crippen molar-refractivity contribution >= 4 is 33.6 Å². The van der Waals surface area contributed by atoms with Crippen LogP contribution in [0.4, 0.5) is 0 Å². The van der Waals surface area contributed by atoms with Crippen molar-refractivity contribution < 1.29 is 4.79 Å². The number of carbonyl (C=O) groups excluding carboxylic acids is 1. The van der Waals surface area contributed by atoms with Gasteiger partial charge in [0.1, 0.15) is 0 Å². The standard InChI is InChI=1S/C13H18BrNOS/c1-9(15-13(16)10(2)17-3)8-11-4-6-12(14)7-5-11/h4-7,9-10H,8H2,1-3H3,(H,15,16)/t9-,10-/m1/s1. The van der Waals surface area contributed by atoms with E-state index < -0.39 is 0 Å². The zero-order valence-electron chi connectivity index (χ0n) is 10.4. The van der Waals surface area contributed by atoms with Crippen molar-refractivity contribution in [3.63, 3.8) is 0 Å². The smallest absolute Gasteiger partial charge is 0.233 e. The second-order valence-corrected chi connectivity index (χ2v) is 6.21. The average molecular weight is 316 g/mol. The fraction of sp³-hybridized carbons (Fsp3) is 0.462. The van der Waals surface area contributed by atoms with Gasteiger partial charge in [-0.15, -0.1) is 0 Å². The van der Waals surface area contributed by atoms with Crippen molar-refractivity contribution in [2.45, 2.75) is 31.6 Å². The summed E-state index contributed by atoms with van der Waals surface area (Å²) in [6, 6.07) is 8.36. The van der Waals surface area contributed by atoms with Crippen molar-refractivity contribution in [1.82, 2.24) is 5.32 Å². The molecule has 0 heterocycles. The molecule has 2 nitrogen and oxygen atoms in total. The molecule has 1 aromatic rings. The summed E-state index contributed by atoms with van der Waals surface area (Å²) in [7, 11) is 0. The summed E-state index contributed by atoms with van der Waals surface area (Å²) in [4.78, 5) is 11.7. The highest BCUT2D eigenvalue weighted by Crippen LogP contribution is 2.12. The van der Waals surface area contributed by atoms with Gasteiger partial charge in [0.2, 0.25) is 5.91 Å². The molecular weight excluding hydrogens is 298 g/mol. The summed E-state index contributed by atoms with van der Waals surface area (Å²) in [5, 5.41) is 3.04. The number of nitrogens with one attached hydrogen (secondary N) is 1. The minimum Gasteiger partial charge on any atom is -0.352 e. The topological polar surface area (TPSA) is 29.1 Å². The van der Waals surface area contributed by atoms with Crippen molar-refractivity contribution in [3.05, 3.63) is 34.3 Å². The van der Waals surface area contributed by atoms with E-state index >= 15 is 0 Å². The zero-order valence-corrected chi connectivity index (χ0v) is 12.8. The molecule has 0 bridgehead atoms. The fourth-order valence-electron chi connectivity index (χ4n) is 1.49. The first-order valence-corrected chi connectivity index (χ1v) is 7.68. The highest BCUT2D eigenvalue weighted by molar-refractivity contribution is 9.10. The SMILES string of the molecule is CS[C@H](C)C(=O)N[C@H](C)Cc1ccc(Br)cc1. The van der Waals surface area contributed by atoms with Crippen LogP contribution >= 0.6 is 27.7 Å². The molecule has 0 fully saturated rings. The van der Waals surface area contributed by atoms with Gasteiger partial charge in [-0.05, 0) is 44.2 Å². The Morgan fingerprint density at radius 2 is 1.94 bits per heavy atom. The Kier molecular flexibility index (Phi) is 6.06. The van der Waals surface area contributed by atoms with Gasteiger partial charge in [-0.3, -0.25) is 4.79 Å². The minimum atomic E-state index is 0.0161. The maximum atomic E-state index is 11.7. The van der Waals surface area contributed by atoms with Crippen molar-refractivity contribution in [2.75, 3.05) is 6.26 Å². The Morgan fingerprint density at radius 3 is 2.47 bits per heavy atom. The molecule has 0 radical (unpaired) electrons. The Labute approximate surface area is 116 Å². The molecule has 0 aliphatic carbocycles. The van der Waals surface area contributed by atoms with Crippen molar-refractivity contribution in [3.8, 4) is 0 Å². The van der Waals surface area contributed by atoms with Crippen LogP contribution in [0.2, 0.25) is 0 Å². The fourth-order valence-corrected chi connectivity index (χ4v) is 2.04. The third-order valence-electron chi connectivity index (χ3n) is 2.57. The van der Waals surface area contributed by atoms with E-state index in [0.29, 0.717) is 0 Å². The van der Waals surface area contributed by atoms with E-state index in [4.69, 9.17) is 0 Å². The largest absolute Gasteiger partial charge is 0.352 e. The van der Waals surface area contributed by atoms with Gasteiger partial charge in [-0.2, -0.15) is 11.8 Å². The zero-order chi connectivity index (χ0) is 12.8. The van der Waals surface area contributed by atoms with E-state index in [0.717, 1.165) is 10.9 Å². The predicted molar refractivity (Wildman–Crippen MR) is 78.4 cm³/mol. The minimum absolute atomic E-state index is 0.0161. The van der Waals surface area contributed by atoms with Crippen molar-refractivity contribution in [1.29, 1.82) is 0 Å². The first kappa shape index (κ1) is 14.6. The second-order valence-electron chi connectivity index (χ2n) is 4.12. The molecule has 1 amide bonds. The van der Waals surface area contributed by atoms with Gasteiger partial charge < -0.3 is 5.32 Å². The molecular formula is C13H18BrNOS. The summed E-state index contributed by atoms with van der Waals surface area (Å²) in [6.45, 7) is 3.96. The van der Waals surface area contributed by atoms with E-state index in [1.165, 1.54) is 5.56 Å². The van der Waals surface area contributed by atoms with Gasteiger partial charge in [0, 0.05) is 10.5 Å². The third-order valence-corrected chi connectivity index (χ3v) is 4.02. The van der Waals surface area contributed by atoms with Crippen LogP contribution in [0.3, 0.4) is 0 Å². The van der Waals surface area contributed by atoms with Crippen LogP contribution in [-0.4, -0.2) is 23.5 Å². The second kappa shape index (κ2) is 7.07. The van der Waals surface area contributed by atoms with Gasteiger partial charge in [0.25, 0.3) is 0 Å². The Morgan fingerprint density at radius 1 is 1.35 bits per heavy atom. The van der Waals surface area contributed by atoms with Gasteiger partial charge in [0.05, 0.1) is 5.25 Å². The monoisotopic (exact) mass is 315 g/mol. The van der Waals surface area contributed by atoms with E-state index in [1.54, 1.807) is 11.8 Å². The molecule has 17 heavy (non-hydrogen) atoms. The van der Waals surface area contributed by atoms with E-state index in [9.17, 15) is 4.79 Å². The molecule has 94 valence electrons. The number of hydrogen-bond donors (Lipinski definition) is 1. The predicted octanol–water partition coefficient (Wildman–Crippen LogP) is 3.25. The molecule has 0 saturated heterocycles. The van der Waals surface area contributed by atoms with Crippen LogP contribution in [0, 0.1) is 0 Å². The number of amides is 1. The van der Waals surface area contributed by atoms with Crippen molar-refractivity contribution in [2.24, 2.45) is 0 Å². The van der Waals surface area contributed by atoms with Crippen LogP contribution in [-0.2, 0) is 11.2 Å². The summed E-state index contributed by atoms with van der Waals surface area (Å²) in [6.07, 6.45) is 2.81. The van der Waals surface area contributed by atoms with Gasteiger partial charge in [-0.1, -0.05) is 28.1 Å². The maximum Gasteiger partial charge on any atom is 0.233 e. The summed E-state index contributed by atoms with van der Waals surface area (Å²) in [5.74, 6) is 0.113. The number of benzene rings is 1. The molecule has 1 rings (SSSR count). The Bertz CT molecular complexity index is 366. The molecule has 0 aliphatic rings. The van der Waals surface area contributed by atoms with E-state index in [2.05, 4.69) is 33.4 Å². The Hall–Kier alpha value is -0.480. The number of hydrogen-bond acceptors (Lipinski definition) is 2. The van der Waals surface area contributed by atoms with E-state index in [-0.39, 0.29) is 17.2 Å². The Balaban J connectivity index is 2.47. The van der Waals surface area contributed by atoms with Crippen LogP contribution in [0.15, 0.2) is 28.7 Å². The molecule has 1 N–H and O–H groups in total. The lowest BCUT2D eigenvalue weighted by Crippen LogP contribution is -2.38. The molecule has 0 saturated carbocycles. The molecule has 2 atom stereocenters. The normalized spacial score (nSPS) is 14.1. The van der Waals surface area contributed by atoms with Gasteiger partial charge in [-0.25, -0.2) is 0 Å². The highest BCUT2D eigenvalue weighted by atomic mass is 79.9. The first-order valence-electron chi connectivity index (χ1n) is 5.60. The highest BCUT2D eigenvalue weighted by Gasteiger charge is 2.13. The molecule has 0 aliphatic heterocycles. The summed E-state index contributed by atoms with van der Waals surface area (Å²) < 4.78 is 1.08. The first-order chi connectivity index (χ1) is 8.02. The lowest BCUT2D eigenvalue weighted by atomic mass is 10.1.